The van der Waals surface area contributed by atoms with Crippen molar-refractivity contribution < 1.29 is 0 Å². The summed E-state index contributed by atoms with van der Waals surface area (Å²) < 4.78 is 21.5. The summed E-state index contributed by atoms with van der Waals surface area (Å²) in [5, 5.41) is 28.8. The van der Waals surface area contributed by atoms with Crippen molar-refractivity contribution in [3.8, 4) is 80.8 Å². The summed E-state index contributed by atoms with van der Waals surface area (Å²) in [5.74, 6) is 0. The van der Waals surface area contributed by atoms with Gasteiger partial charge in [0, 0.05) is 148 Å². The first-order valence-electron chi connectivity index (χ1n) is 50.7. The van der Waals surface area contributed by atoms with Crippen molar-refractivity contribution in [3.05, 3.63) is 510 Å². The van der Waals surface area contributed by atoms with Crippen LogP contribution in [0.15, 0.2) is 510 Å². The van der Waals surface area contributed by atoms with E-state index in [1.165, 1.54) is 196 Å². The second-order valence-corrected chi connectivity index (χ2v) is 41.5. The summed E-state index contributed by atoms with van der Waals surface area (Å²) in [6.07, 6.45) is 6.12. The Hall–Kier alpha value is -19.3. The summed E-state index contributed by atoms with van der Waals surface area (Å²) in [7, 11) is 0. The number of benzene rings is 21. The lowest BCUT2D eigenvalue weighted by molar-refractivity contribution is 1.18. The molecule has 150 heavy (non-hydrogen) atoms. The zero-order valence-corrected chi connectivity index (χ0v) is 83.0. The molecule has 0 bridgehead atoms. The Labute approximate surface area is 870 Å². The molecule has 702 valence electrons. The summed E-state index contributed by atoms with van der Waals surface area (Å²) in [4.78, 5) is 15.1. The fourth-order valence-electron chi connectivity index (χ4n) is 24.1. The second-order valence-electron chi connectivity index (χ2n) is 38.5. The van der Waals surface area contributed by atoms with Crippen LogP contribution < -0.4 is 0 Å². The average Bonchev–Trinajstić information content (AvgIpc) is 1.55. The van der Waals surface area contributed by atoms with E-state index in [2.05, 4.69) is 532 Å². The molecule has 0 spiro atoms. The molecule has 0 saturated carbocycles. The highest BCUT2D eigenvalue weighted by Crippen LogP contribution is 2.50. The number of hydrogen-bond acceptors (Lipinski definition) is 6. The van der Waals surface area contributed by atoms with E-state index in [9.17, 15) is 0 Å². The first-order valence-corrected chi connectivity index (χ1v) is 53.1. The van der Waals surface area contributed by atoms with Crippen LogP contribution in [0.4, 0.5) is 0 Å². The Balaban J connectivity index is 0.000000101. The van der Waals surface area contributed by atoms with Crippen molar-refractivity contribution in [2.75, 3.05) is 0 Å². The Kier molecular flexibility index (Phi) is 19.4. The number of aromatic nitrogens is 12. The number of fused-ring (bicyclic) bond motifs is 29. The molecule has 15 heteroatoms. The maximum atomic E-state index is 5.08. The van der Waals surface area contributed by atoms with Crippen LogP contribution in [0, 0.1) is 0 Å². The standard InChI is InChI=1S/3C45H28N4S/c1-2-14-30(15-3-1)48-39-23-10-6-19-34(39)35-25-26-41-43(44(35)48)36-20-7-11-24-40(36)49(41)42-28-46-45(50-42)29-13-12-16-31(27-29)47-37-21-8-4-17-32(37)33-18-5-9-22-38(33)47;1-2-14-30(15-3-1)47-40-24-11-7-20-36(40)43-41(47)26-25-35-34-19-6-10-23-39(34)49(44(35)43)42-28-46-45(50-42)29-13-12-16-31(27-29)48-37-21-8-4-17-32(37)33-18-5-9-22-38(33)48;1-2-12-30(13-3-1)48-40-20-10-6-16-34(40)36-27-43-37(26-42(36)48)35-17-7-11-21-41(35)49(43)44-28-46-45(50-44)29-22-24-31(25-23-29)47-38-18-8-4-14-32(38)33-15-5-9-19-39(33)47/h3*1-28H. The minimum Gasteiger partial charge on any atom is -0.309 e. The number of thiazole rings is 3. The Morgan fingerprint density at radius 3 is 0.747 bits per heavy atom. The summed E-state index contributed by atoms with van der Waals surface area (Å²) in [5.41, 5.74) is 31.8. The van der Waals surface area contributed by atoms with Crippen molar-refractivity contribution in [3.63, 3.8) is 0 Å². The van der Waals surface area contributed by atoms with Crippen LogP contribution in [0.2, 0.25) is 0 Å². The largest absolute Gasteiger partial charge is 0.309 e. The zero-order valence-electron chi connectivity index (χ0n) is 80.6. The average molecular weight is 1970 g/mol. The van der Waals surface area contributed by atoms with Gasteiger partial charge in [-0.15, -0.1) is 0 Å². The molecule has 12 aromatic heterocycles. The Morgan fingerprint density at radius 1 is 0.133 bits per heavy atom. The predicted molar refractivity (Wildman–Crippen MR) is 632 cm³/mol. The monoisotopic (exact) mass is 1970 g/mol. The highest BCUT2D eigenvalue weighted by atomic mass is 32.1. The molecule has 33 rings (SSSR count). The second kappa shape index (κ2) is 34.2. The molecule has 0 unspecified atom stereocenters. The highest BCUT2D eigenvalue weighted by molar-refractivity contribution is 7.18. The number of hydrogen-bond donors (Lipinski definition) is 0. The third-order valence-electron chi connectivity index (χ3n) is 30.4. The van der Waals surface area contributed by atoms with Crippen LogP contribution >= 0.6 is 34.0 Å². The van der Waals surface area contributed by atoms with E-state index in [0.717, 1.165) is 80.8 Å². The first-order chi connectivity index (χ1) is 74.5. The summed E-state index contributed by atoms with van der Waals surface area (Å²) in [6.45, 7) is 0. The van der Waals surface area contributed by atoms with Gasteiger partial charge in [-0.3, -0.25) is 13.7 Å². The highest BCUT2D eigenvalue weighted by Gasteiger charge is 2.29. The minimum atomic E-state index is 0.993. The lowest BCUT2D eigenvalue weighted by Crippen LogP contribution is -1.94. The van der Waals surface area contributed by atoms with Gasteiger partial charge in [0.2, 0.25) is 0 Å². The maximum Gasteiger partial charge on any atom is 0.125 e. The molecule has 0 N–H and O–H groups in total. The van der Waals surface area contributed by atoms with Crippen LogP contribution in [0.1, 0.15) is 0 Å². The van der Waals surface area contributed by atoms with Gasteiger partial charge in [-0.05, 0) is 182 Å². The smallest absolute Gasteiger partial charge is 0.125 e. The quantitative estimate of drug-likeness (QED) is 0.122. The van der Waals surface area contributed by atoms with Crippen molar-refractivity contribution in [2.45, 2.75) is 0 Å². The molecule has 0 fully saturated rings. The van der Waals surface area contributed by atoms with Crippen LogP contribution in [-0.4, -0.2) is 56.1 Å². The molecule has 0 aliphatic heterocycles. The molecule has 12 nitrogen and oxygen atoms in total. The van der Waals surface area contributed by atoms with Crippen LogP contribution in [0.5, 0.6) is 0 Å². The van der Waals surface area contributed by atoms with Gasteiger partial charge in [-0.25, -0.2) is 15.0 Å². The molecule has 0 atom stereocenters. The lowest BCUT2D eigenvalue weighted by Gasteiger charge is -2.09. The molecular formula is C135H84N12S3. The molecule has 0 aliphatic carbocycles. The van der Waals surface area contributed by atoms with Crippen LogP contribution in [0.25, 0.3) is 277 Å². The number of rotatable bonds is 12. The Morgan fingerprint density at radius 2 is 0.367 bits per heavy atom. The third kappa shape index (κ3) is 13.1. The molecule has 33 aromatic rings. The van der Waals surface area contributed by atoms with Crippen molar-refractivity contribution >= 4 is 230 Å². The topological polar surface area (TPSA) is 83.0 Å². The molecule has 0 amide bonds. The van der Waals surface area contributed by atoms with Crippen LogP contribution in [0.3, 0.4) is 0 Å². The van der Waals surface area contributed by atoms with Gasteiger partial charge in [0.05, 0.1) is 118 Å². The normalized spacial score (nSPS) is 12.0. The van der Waals surface area contributed by atoms with Crippen molar-refractivity contribution in [1.82, 2.24) is 56.1 Å². The van der Waals surface area contributed by atoms with Crippen molar-refractivity contribution in [1.29, 1.82) is 0 Å². The van der Waals surface area contributed by atoms with Crippen molar-refractivity contribution in [2.24, 2.45) is 0 Å². The Bertz CT molecular complexity index is 11100. The van der Waals surface area contributed by atoms with E-state index in [-0.39, 0.29) is 0 Å². The van der Waals surface area contributed by atoms with Gasteiger partial charge in [0.1, 0.15) is 30.0 Å². The zero-order chi connectivity index (χ0) is 98.3. The van der Waals surface area contributed by atoms with E-state index in [0.29, 0.717) is 0 Å². The van der Waals surface area contributed by atoms with Gasteiger partial charge in [0.15, 0.2) is 0 Å². The van der Waals surface area contributed by atoms with Gasteiger partial charge >= 0.3 is 0 Å². The molecule has 0 radical (unpaired) electrons. The fourth-order valence-corrected chi connectivity index (χ4v) is 27.0. The first kappa shape index (κ1) is 85.1. The fraction of sp³-hybridized carbons (Fsp3) is 0. The molecule has 0 aliphatic rings. The van der Waals surface area contributed by atoms with Crippen LogP contribution in [-0.2, 0) is 0 Å². The molecule has 12 heterocycles. The lowest BCUT2D eigenvalue weighted by atomic mass is 10.1. The number of nitrogens with zero attached hydrogens (tertiary/aromatic N) is 12. The molecular weight excluding hydrogens is 1890 g/mol. The van der Waals surface area contributed by atoms with E-state index < -0.39 is 0 Å². The van der Waals surface area contributed by atoms with Gasteiger partial charge in [0.25, 0.3) is 0 Å². The van der Waals surface area contributed by atoms with Gasteiger partial charge in [-0.1, -0.05) is 343 Å². The third-order valence-corrected chi connectivity index (χ3v) is 33.5. The van der Waals surface area contributed by atoms with E-state index in [1.807, 2.05) is 18.6 Å². The molecule has 21 aromatic carbocycles. The predicted octanol–water partition coefficient (Wildman–Crippen LogP) is 36.3. The van der Waals surface area contributed by atoms with E-state index in [1.54, 1.807) is 34.0 Å². The SMILES string of the molecule is c1ccc(-n2c3ccccc3c3c2ccc2c4ccccc4n(-c4cnc(-c5cccc(-n6c7ccccc7c7ccccc76)c5)s4)c23)cc1.c1ccc(-n2c3ccccc3c3cc4c(cc32)c2ccccc2n4-c2cnc(-c3ccc(-n4c5ccccc5c5ccccc54)cc3)s2)cc1.c1ccc(-n2c3ccccc3c3ccc4c(c5ccccc5n4-c4cnc(-c5cccc(-n6c7ccccc7c7ccccc76)c5)s4)c32)cc1. The summed E-state index contributed by atoms with van der Waals surface area (Å²) >= 11 is 5.21. The van der Waals surface area contributed by atoms with Gasteiger partial charge in [-0.2, -0.15) is 0 Å². The van der Waals surface area contributed by atoms with E-state index in [4.69, 9.17) is 15.0 Å². The minimum absolute atomic E-state index is 0.993. The summed E-state index contributed by atoms with van der Waals surface area (Å²) in [6, 6.07) is 177. The molecule has 0 saturated heterocycles. The van der Waals surface area contributed by atoms with E-state index >= 15 is 0 Å². The maximum absolute atomic E-state index is 5.08. The number of para-hydroxylation sites is 15. The van der Waals surface area contributed by atoms with Gasteiger partial charge < -0.3 is 27.4 Å².